The van der Waals surface area contributed by atoms with Crippen LogP contribution in [0.15, 0.2) is 40.8 Å². The molecule has 1 aromatic carbocycles. The van der Waals surface area contributed by atoms with Crippen molar-refractivity contribution in [3.8, 4) is 11.3 Å². The van der Waals surface area contributed by atoms with E-state index < -0.39 is 0 Å². The molecule has 0 saturated carbocycles. The molecule has 0 spiro atoms. The highest BCUT2D eigenvalue weighted by molar-refractivity contribution is 5.94. The molecule has 0 N–H and O–H groups in total. The van der Waals surface area contributed by atoms with E-state index in [9.17, 15) is 9.59 Å². The second-order valence-corrected chi connectivity index (χ2v) is 4.90. The third-order valence-corrected chi connectivity index (χ3v) is 3.55. The smallest absolute Gasteiger partial charge is 0.253 e. The maximum absolute atomic E-state index is 12.2. The van der Waals surface area contributed by atoms with E-state index in [1.807, 2.05) is 17.0 Å². The van der Waals surface area contributed by atoms with E-state index >= 15 is 0 Å². The van der Waals surface area contributed by atoms with Crippen molar-refractivity contribution < 1.29 is 14.0 Å². The van der Waals surface area contributed by atoms with Gasteiger partial charge in [-0.05, 0) is 37.1 Å². The van der Waals surface area contributed by atoms with Crippen LogP contribution in [0.25, 0.3) is 11.3 Å². The molecular formula is C16H15NO3. The van der Waals surface area contributed by atoms with Crippen molar-refractivity contribution in [3.63, 3.8) is 0 Å². The Bertz CT molecular complexity index is 621. The highest BCUT2D eigenvalue weighted by Crippen LogP contribution is 2.22. The van der Waals surface area contributed by atoms with Crippen LogP contribution < -0.4 is 0 Å². The molecule has 3 rings (SSSR count). The molecule has 102 valence electrons. The number of carbonyl (C=O) groups is 2. The zero-order chi connectivity index (χ0) is 13.9. The number of likely N-dealkylation sites (tertiary alicyclic amines) is 1. The van der Waals surface area contributed by atoms with Crippen molar-refractivity contribution in [1.29, 1.82) is 0 Å². The molecule has 1 aliphatic heterocycles. The Balaban J connectivity index is 1.80. The number of amides is 1. The third-order valence-electron chi connectivity index (χ3n) is 3.55. The minimum absolute atomic E-state index is 0.0853. The molecule has 1 amide bonds. The maximum atomic E-state index is 12.2. The topological polar surface area (TPSA) is 50.5 Å². The summed E-state index contributed by atoms with van der Waals surface area (Å²) >= 11 is 0. The van der Waals surface area contributed by atoms with Crippen LogP contribution >= 0.6 is 0 Å². The molecular weight excluding hydrogens is 254 g/mol. The van der Waals surface area contributed by atoms with Gasteiger partial charge in [0.05, 0.1) is 0 Å². The molecule has 2 aromatic rings. The van der Waals surface area contributed by atoms with Gasteiger partial charge in [0, 0.05) is 24.2 Å². The van der Waals surface area contributed by atoms with Crippen LogP contribution in [0.5, 0.6) is 0 Å². The second kappa shape index (κ2) is 5.33. The van der Waals surface area contributed by atoms with Crippen LogP contribution in [0.3, 0.4) is 0 Å². The van der Waals surface area contributed by atoms with Gasteiger partial charge in [-0.15, -0.1) is 0 Å². The number of furan rings is 1. The zero-order valence-corrected chi connectivity index (χ0v) is 11.0. The van der Waals surface area contributed by atoms with Crippen molar-refractivity contribution in [1.82, 2.24) is 4.90 Å². The van der Waals surface area contributed by atoms with Gasteiger partial charge < -0.3 is 9.32 Å². The Morgan fingerprint density at radius 1 is 1.05 bits per heavy atom. The van der Waals surface area contributed by atoms with Gasteiger partial charge in [0.2, 0.25) is 0 Å². The van der Waals surface area contributed by atoms with E-state index in [1.54, 1.807) is 24.3 Å². The van der Waals surface area contributed by atoms with Crippen molar-refractivity contribution in [3.05, 3.63) is 47.7 Å². The number of hydrogen-bond acceptors (Lipinski definition) is 3. The predicted octanol–water partition coefficient (Wildman–Crippen LogP) is 3.00. The van der Waals surface area contributed by atoms with Gasteiger partial charge in [0.25, 0.3) is 5.91 Å². The Morgan fingerprint density at radius 2 is 1.75 bits per heavy atom. The average molecular weight is 269 g/mol. The summed E-state index contributed by atoms with van der Waals surface area (Å²) in [6.45, 7) is 1.70. The van der Waals surface area contributed by atoms with Gasteiger partial charge in [0.1, 0.15) is 5.76 Å². The molecule has 0 aliphatic carbocycles. The minimum Gasteiger partial charge on any atom is -0.453 e. The Kier molecular flexibility index (Phi) is 3.37. The lowest BCUT2D eigenvalue weighted by molar-refractivity contribution is 0.0792. The minimum atomic E-state index is 0.0853. The summed E-state index contributed by atoms with van der Waals surface area (Å²) in [5.74, 6) is 1.02. The largest absolute Gasteiger partial charge is 0.453 e. The quantitative estimate of drug-likeness (QED) is 0.805. The summed E-state index contributed by atoms with van der Waals surface area (Å²) in [5.41, 5.74) is 1.55. The summed E-state index contributed by atoms with van der Waals surface area (Å²) in [4.78, 5) is 24.7. The van der Waals surface area contributed by atoms with Crippen molar-refractivity contribution in [2.75, 3.05) is 13.1 Å². The fourth-order valence-corrected chi connectivity index (χ4v) is 2.45. The van der Waals surface area contributed by atoms with Crippen molar-refractivity contribution in [2.45, 2.75) is 12.8 Å². The summed E-state index contributed by atoms with van der Waals surface area (Å²) in [7, 11) is 0. The normalized spacial score (nSPS) is 14.5. The molecule has 1 aromatic heterocycles. The molecule has 4 heteroatoms. The molecule has 4 nitrogen and oxygen atoms in total. The first-order chi connectivity index (χ1) is 9.78. The maximum Gasteiger partial charge on any atom is 0.253 e. The lowest BCUT2D eigenvalue weighted by atomic mass is 10.1. The second-order valence-electron chi connectivity index (χ2n) is 4.90. The highest BCUT2D eigenvalue weighted by atomic mass is 16.3. The van der Waals surface area contributed by atoms with E-state index in [0.717, 1.165) is 31.5 Å². The number of nitrogens with zero attached hydrogens (tertiary/aromatic N) is 1. The van der Waals surface area contributed by atoms with E-state index in [0.29, 0.717) is 23.4 Å². The fourth-order valence-electron chi connectivity index (χ4n) is 2.45. The number of benzene rings is 1. The standard InChI is InChI=1S/C16H15NO3/c18-11-14-7-8-15(20-14)12-3-5-13(6-4-12)16(19)17-9-1-2-10-17/h3-8,11H,1-2,9-10H2. The van der Waals surface area contributed by atoms with Gasteiger partial charge in [-0.2, -0.15) is 0 Å². The van der Waals surface area contributed by atoms with Gasteiger partial charge in [-0.3, -0.25) is 9.59 Å². The van der Waals surface area contributed by atoms with Crippen LogP contribution in [0.4, 0.5) is 0 Å². The van der Waals surface area contributed by atoms with Crippen LogP contribution in [0, 0.1) is 0 Å². The molecule has 1 aliphatic rings. The van der Waals surface area contributed by atoms with Crippen molar-refractivity contribution in [2.24, 2.45) is 0 Å². The van der Waals surface area contributed by atoms with Crippen LogP contribution in [0.1, 0.15) is 33.8 Å². The van der Waals surface area contributed by atoms with Gasteiger partial charge in [0.15, 0.2) is 12.0 Å². The Hall–Kier alpha value is -2.36. The lowest BCUT2D eigenvalue weighted by Gasteiger charge is -2.15. The van der Waals surface area contributed by atoms with E-state index in [4.69, 9.17) is 4.42 Å². The van der Waals surface area contributed by atoms with Crippen LogP contribution in [-0.4, -0.2) is 30.2 Å². The zero-order valence-electron chi connectivity index (χ0n) is 11.0. The molecule has 0 atom stereocenters. The summed E-state index contributed by atoms with van der Waals surface area (Å²) in [6.07, 6.45) is 2.85. The molecule has 0 unspecified atom stereocenters. The fraction of sp³-hybridized carbons (Fsp3) is 0.250. The summed E-state index contributed by atoms with van der Waals surface area (Å²) in [6, 6.07) is 10.7. The first kappa shape index (κ1) is 12.7. The summed E-state index contributed by atoms with van der Waals surface area (Å²) < 4.78 is 5.36. The van der Waals surface area contributed by atoms with Crippen molar-refractivity contribution >= 4 is 12.2 Å². The number of rotatable bonds is 3. The molecule has 2 heterocycles. The first-order valence-electron chi connectivity index (χ1n) is 6.72. The molecule has 1 fully saturated rings. The van der Waals surface area contributed by atoms with Gasteiger partial charge >= 0.3 is 0 Å². The van der Waals surface area contributed by atoms with Crippen LogP contribution in [0.2, 0.25) is 0 Å². The average Bonchev–Trinajstić information content (AvgIpc) is 3.18. The van der Waals surface area contributed by atoms with E-state index in [-0.39, 0.29) is 5.91 Å². The number of carbonyl (C=O) groups excluding carboxylic acids is 2. The predicted molar refractivity (Wildman–Crippen MR) is 74.7 cm³/mol. The lowest BCUT2D eigenvalue weighted by Crippen LogP contribution is -2.27. The number of aldehydes is 1. The highest BCUT2D eigenvalue weighted by Gasteiger charge is 2.19. The molecule has 0 radical (unpaired) electrons. The van der Waals surface area contributed by atoms with Gasteiger partial charge in [-0.1, -0.05) is 12.1 Å². The van der Waals surface area contributed by atoms with E-state index in [1.165, 1.54) is 0 Å². The Morgan fingerprint density at radius 3 is 2.35 bits per heavy atom. The van der Waals surface area contributed by atoms with E-state index in [2.05, 4.69) is 0 Å². The summed E-state index contributed by atoms with van der Waals surface area (Å²) in [5, 5.41) is 0. The first-order valence-corrected chi connectivity index (χ1v) is 6.72. The monoisotopic (exact) mass is 269 g/mol. The SMILES string of the molecule is O=Cc1ccc(-c2ccc(C(=O)N3CCCC3)cc2)o1. The van der Waals surface area contributed by atoms with Crippen LogP contribution in [-0.2, 0) is 0 Å². The third kappa shape index (κ3) is 2.37. The molecule has 0 bridgehead atoms. The molecule has 20 heavy (non-hydrogen) atoms. The van der Waals surface area contributed by atoms with Gasteiger partial charge in [-0.25, -0.2) is 0 Å². The number of hydrogen-bond donors (Lipinski definition) is 0. The Labute approximate surface area is 117 Å². The molecule has 1 saturated heterocycles.